The van der Waals surface area contributed by atoms with E-state index < -0.39 is 0 Å². The molecule has 1 heterocycles. The van der Waals surface area contributed by atoms with Crippen molar-refractivity contribution < 1.29 is 9.59 Å². The van der Waals surface area contributed by atoms with Crippen molar-refractivity contribution in [2.75, 3.05) is 39.3 Å². The Bertz CT molecular complexity index is 294. The van der Waals surface area contributed by atoms with Crippen molar-refractivity contribution in [1.82, 2.24) is 15.1 Å². The number of amides is 2. The van der Waals surface area contributed by atoms with Gasteiger partial charge in [0.2, 0.25) is 11.8 Å². The number of nitrogens with one attached hydrogen (secondary N) is 1. The molecule has 2 amide bonds. The van der Waals surface area contributed by atoms with Gasteiger partial charge in [-0.3, -0.25) is 14.5 Å². The smallest absolute Gasteiger partial charge is 0.234 e. The Morgan fingerprint density at radius 1 is 1.18 bits per heavy atom. The molecule has 0 aromatic heterocycles. The van der Waals surface area contributed by atoms with Crippen LogP contribution < -0.4 is 5.32 Å². The first-order valence-corrected chi connectivity index (χ1v) is 6.39. The Balaban J connectivity index is 1.62. The van der Waals surface area contributed by atoms with E-state index in [4.69, 9.17) is 0 Å². The summed E-state index contributed by atoms with van der Waals surface area (Å²) in [7, 11) is 0. The van der Waals surface area contributed by atoms with E-state index in [1.54, 1.807) is 6.92 Å². The minimum Gasteiger partial charge on any atom is -0.355 e. The van der Waals surface area contributed by atoms with Gasteiger partial charge in [0.05, 0.1) is 6.54 Å². The van der Waals surface area contributed by atoms with Crippen LogP contribution in [0.2, 0.25) is 0 Å². The molecule has 1 saturated heterocycles. The summed E-state index contributed by atoms with van der Waals surface area (Å²) in [5, 5.41) is 2.96. The van der Waals surface area contributed by atoms with E-state index in [1.165, 1.54) is 12.8 Å². The third-order valence-electron chi connectivity index (χ3n) is 3.47. The lowest BCUT2D eigenvalue weighted by Crippen LogP contribution is -2.50. The lowest BCUT2D eigenvalue weighted by atomic mass is 10.3. The van der Waals surface area contributed by atoms with Crippen LogP contribution in [-0.4, -0.2) is 60.9 Å². The largest absolute Gasteiger partial charge is 0.355 e. The summed E-state index contributed by atoms with van der Waals surface area (Å²) in [6, 6.07) is 0. The van der Waals surface area contributed by atoms with Gasteiger partial charge in [0.25, 0.3) is 0 Å². The molecule has 1 N–H and O–H groups in total. The first-order valence-electron chi connectivity index (χ1n) is 6.39. The number of rotatable bonds is 4. The van der Waals surface area contributed by atoms with Crippen molar-refractivity contribution in [2.24, 2.45) is 5.92 Å². The second-order valence-electron chi connectivity index (χ2n) is 5.03. The van der Waals surface area contributed by atoms with Crippen molar-refractivity contribution in [3.63, 3.8) is 0 Å². The topological polar surface area (TPSA) is 52.7 Å². The second kappa shape index (κ2) is 5.49. The molecule has 0 unspecified atom stereocenters. The number of piperazine rings is 1. The lowest BCUT2D eigenvalue weighted by Gasteiger charge is -2.33. The average molecular weight is 239 g/mol. The molecule has 96 valence electrons. The highest BCUT2D eigenvalue weighted by Crippen LogP contribution is 2.27. The number of carbonyl (C=O) groups excluding carboxylic acids is 2. The third kappa shape index (κ3) is 4.00. The van der Waals surface area contributed by atoms with Crippen LogP contribution in [0.15, 0.2) is 0 Å². The van der Waals surface area contributed by atoms with Gasteiger partial charge in [0, 0.05) is 39.6 Å². The van der Waals surface area contributed by atoms with Gasteiger partial charge in [-0.15, -0.1) is 0 Å². The summed E-state index contributed by atoms with van der Waals surface area (Å²) >= 11 is 0. The van der Waals surface area contributed by atoms with E-state index >= 15 is 0 Å². The average Bonchev–Trinajstić information content (AvgIpc) is 3.11. The first-order chi connectivity index (χ1) is 8.15. The fraction of sp³-hybridized carbons (Fsp3) is 0.833. The molecular formula is C12H21N3O2. The van der Waals surface area contributed by atoms with E-state index in [1.807, 2.05) is 4.90 Å². The van der Waals surface area contributed by atoms with Crippen LogP contribution in [0.25, 0.3) is 0 Å². The number of nitrogens with zero attached hydrogens (tertiary/aromatic N) is 2. The molecule has 0 bridgehead atoms. The third-order valence-corrected chi connectivity index (χ3v) is 3.47. The zero-order valence-corrected chi connectivity index (χ0v) is 10.4. The minimum atomic E-state index is 0.119. The molecule has 0 aromatic carbocycles. The maximum absolute atomic E-state index is 11.6. The SMILES string of the molecule is CC(=O)N1CCN(CC(=O)NCC2CC2)CC1. The standard InChI is InChI=1S/C12H21N3O2/c1-10(16)15-6-4-14(5-7-15)9-12(17)13-8-11-2-3-11/h11H,2-9H2,1H3,(H,13,17). The van der Waals surface area contributed by atoms with Gasteiger partial charge in [0.15, 0.2) is 0 Å². The summed E-state index contributed by atoms with van der Waals surface area (Å²) in [5.41, 5.74) is 0. The molecule has 0 spiro atoms. The monoisotopic (exact) mass is 239 g/mol. The van der Waals surface area contributed by atoms with Crippen molar-refractivity contribution in [1.29, 1.82) is 0 Å². The molecule has 0 radical (unpaired) electrons. The van der Waals surface area contributed by atoms with E-state index in [-0.39, 0.29) is 11.8 Å². The van der Waals surface area contributed by atoms with Gasteiger partial charge < -0.3 is 10.2 Å². The van der Waals surface area contributed by atoms with Gasteiger partial charge >= 0.3 is 0 Å². The fourth-order valence-electron chi connectivity index (χ4n) is 2.06. The van der Waals surface area contributed by atoms with Crippen molar-refractivity contribution in [2.45, 2.75) is 19.8 Å². The maximum atomic E-state index is 11.6. The molecule has 1 aliphatic carbocycles. The quantitative estimate of drug-likeness (QED) is 0.731. The zero-order valence-electron chi connectivity index (χ0n) is 10.4. The van der Waals surface area contributed by atoms with Crippen molar-refractivity contribution in [3.8, 4) is 0 Å². The maximum Gasteiger partial charge on any atom is 0.234 e. The van der Waals surface area contributed by atoms with Gasteiger partial charge in [-0.2, -0.15) is 0 Å². The summed E-state index contributed by atoms with van der Waals surface area (Å²) in [5.74, 6) is 0.976. The highest BCUT2D eigenvalue weighted by atomic mass is 16.2. The number of hydrogen-bond donors (Lipinski definition) is 1. The lowest BCUT2D eigenvalue weighted by molar-refractivity contribution is -0.131. The van der Waals surface area contributed by atoms with Crippen LogP contribution in [0, 0.1) is 5.92 Å². The van der Waals surface area contributed by atoms with Gasteiger partial charge in [-0.25, -0.2) is 0 Å². The Morgan fingerprint density at radius 2 is 1.82 bits per heavy atom. The summed E-state index contributed by atoms with van der Waals surface area (Å²) < 4.78 is 0. The van der Waals surface area contributed by atoms with Crippen LogP contribution in [0.1, 0.15) is 19.8 Å². The highest BCUT2D eigenvalue weighted by Gasteiger charge is 2.23. The minimum absolute atomic E-state index is 0.119. The Morgan fingerprint density at radius 3 is 2.35 bits per heavy atom. The molecule has 0 aromatic rings. The van der Waals surface area contributed by atoms with E-state index in [2.05, 4.69) is 10.2 Å². The fourth-order valence-corrected chi connectivity index (χ4v) is 2.06. The molecule has 2 aliphatic rings. The summed E-state index contributed by atoms with van der Waals surface area (Å²) in [6.07, 6.45) is 2.52. The summed E-state index contributed by atoms with van der Waals surface area (Å²) in [6.45, 7) is 5.99. The first kappa shape index (κ1) is 12.4. The van der Waals surface area contributed by atoms with E-state index in [0.717, 1.165) is 38.6 Å². The van der Waals surface area contributed by atoms with E-state index in [9.17, 15) is 9.59 Å². The second-order valence-corrected chi connectivity index (χ2v) is 5.03. The van der Waals surface area contributed by atoms with Crippen LogP contribution in [0.4, 0.5) is 0 Å². The van der Waals surface area contributed by atoms with Crippen molar-refractivity contribution in [3.05, 3.63) is 0 Å². The van der Waals surface area contributed by atoms with Crippen molar-refractivity contribution >= 4 is 11.8 Å². The predicted octanol–water partition coefficient (Wildman–Crippen LogP) is -0.323. The number of hydrogen-bond acceptors (Lipinski definition) is 3. The zero-order chi connectivity index (χ0) is 12.3. The number of carbonyl (C=O) groups is 2. The molecular weight excluding hydrogens is 218 g/mol. The molecule has 2 rings (SSSR count). The Labute approximate surface area is 102 Å². The van der Waals surface area contributed by atoms with Gasteiger partial charge in [-0.05, 0) is 18.8 Å². The van der Waals surface area contributed by atoms with Crippen LogP contribution >= 0.6 is 0 Å². The van der Waals surface area contributed by atoms with Crippen LogP contribution in [-0.2, 0) is 9.59 Å². The molecule has 1 saturated carbocycles. The van der Waals surface area contributed by atoms with Crippen LogP contribution in [0.3, 0.4) is 0 Å². The summed E-state index contributed by atoms with van der Waals surface area (Å²) in [4.78, 5) is 26.7. The Kier molecular flexibility index (Phi) is 3.99. The van der Waals surface area contributed by atoms with E-state index in [0.29, 0.717) is 6.54 Å². The molecule has 1 aliphatic heterocycles. The van der Waals surface area contributed by atoms with Gasteiger partial charge in [-0.1, -0.05) is 0 Å². The molecule has 5 heteroatoms. The Hall–Kier alpha value is -1.10. The normalized spacial score (nSPS) is 21.4. The predicted molar refractivity (Wildman–Crippen MR) is 64.4 cm³/mol. The van der Waals surface area contributed by atoms with Gasteiger partial charge in [0.1, 0.15) is 0 Å². The molecule has 17 heavy (non-hydrogen) atoms. The molecule has 0 atom stereocenters. The molecule has 2 fully saturated rings. The molecule has 5 nitrogen and oxygen atoms in total. The highest BCUT2D eigenvalue weighted by molar-refractivity contribution is 5.78. The van der Waals surface area contributed by atoms with Crippen LogP contribution in [0.5, 0.6) is 0 Å².